The summed E-state index contributed by atoms with van der Waals surface area (Å²) in [6, 6.07) is 15.9. The van der Waals surface area contributed by atoms with Crippen molar-refractivity contribution in [2.75, 3.05) is 24.8 Å². The molecule has 8 nitrogen and oxygen atoms in total. The number of nitrogens with one attached hydrogen (secondary N) is 3. The molecule has 0 radical (unpaired) electrons. The molecule has 3 amide bonds. The molecule has 0 aliphatic heterocycles. The summed E-state index contributed by atoms with van der Waals surface area (Å²) in [4.78, 5) is 28.5. The van der Waals surface area contributed by atoms with E-state index in [0.717, 1.165) is 0 Å². The molecule has 3 aromatic rings. The summed E-state index contributed by atoms with van der Waals surface area (Å²) in [7, 11) is 3.14. The van der Waals surface area contributed by atoms with Crippen molar-refractivity contribution in [1.29, 1.82) is 0 Å². The molecule has 0 atom stereocenters. The van der Waals surface area contributed by atoms with E-state index in [0.29, 0.717) is 34.5 Å². The van der Waals surface area contributed by atoms with Crippen LogP contribution in [0.3, 0.4) is 0 Å². The Bertz CT molecular complexity index is 1170. The number of pyridine rings is 1. The Balaban J connectivity index is 1.38. The standard InChI is InChI=1S/C27H30N4O4/c1-28-26(32)24-17-22(14-15-29-24)35-21-11-9-20(10-12-21)30-27(33)31-23-16-19(8-13-25(23)34-2)18-6-4-3-5-7-18/h8-18H,3-7H2,1-2H3,(H,28,32)(H2,30,31,33). The molecule has 8 heteroatoms. The average molecular weight is 475 g/mol. The lowest BCUT2D eigenvalue weighted by Crippen LogP contribution is -2.20. The summed E-state index contributed by atoms with van der Waals surface area (Å²) in [5.74, 6) is 1.91. The van der Waals surface area contributed by atoms with Crippen LogP contribution in [0.1, 0.15) is 54.1 Å². The van der Waals surface area contributed by atoms with Crippen LogP contribution in [0.15, 0.2) is 60.8 Å². The molecule has 35 heavy (non-hydrogen) atoms. The highest BCUT2D eigenvalue weighted by atomic mass is 16.5. The zero-order valence-corrected chi connectivity index (χ0v) is 20.0. The molecule has 4 rings (SSSR count). The van der Waals surface area contributed by atoms with Crippen LogP contribution in [0.5, 0.6) is 17.2 Å². The average Bonchev–Trinajstić information content (AvgIpc) is 2.90. The van der Waals surface area contributed by atoms with Crippen LogP contribution in [-0.2, 0) is 0 Å². The number of urea groups is 1. The number of hydrogen-bond acceptors (Lipinski definition) is 5. The van der Waals surface area contributed by atoms with Crippen LogP contribution < -0.4 is 25.4 Å². The van der Waals surface area contributed by atoms with Gasteiger partial charge in [0.2, 0.25) is 0 Å². The van der Waals surface area contributed by atoms with Crippen LogP contribution in [0.2, 0.25) is 0 Å². The number of carbonyl (C=O) groups excluding carboxylic acids is 2. The van der Waals surface area contributed by atoms with Crippen molar-refractivity contribution in [3.63, 3.8) is 0 Å². The lowest BCUT2D eigenvalue weighted by atomic mass is 9.84. The van der Waals surface area contributed by atoms with Gasteiger partial charge in [-0.15, -0.1) is 0 Å². The summed E-state index contributed by atoms with van der Waals surface area (Å²) in [6.07, 6.45) is 7.66. The van der Waals surface area contributed by atoms with Gasteiger partial charge in [-0.2, -0.15) is 0 Å². The maximum Gasteiger partial charge on any atom is 0.323 e. The molecular formula is C27H30N4O4. The molecule has 1 saturated carbocycles. The molecule has 182 valence electrons. The number of ether oxygens (including phenoxy) is 2. The molecule has 1 aromatic heterocycles. The largest absolute Gasteiger partial charge is 0.495 e. The van der Waals surface area contributed by atoms with Gasteiger partial charge in [0.15, 0.2) is 0 Å². The number of rotatable bonds is 7. The molecule has 1 aliphatic carbocycles. The third kappa shape index (κ3) is 6.29. The van der Waals surface area contributed by atoms with Crippen LogP contribution in [0.25, 0.3) is 0 Å². The molecule has 0 spiro atoms. The zero-order valence-electron chi connectivity index (χ0n) is 20.0. The second-order valence-electron chi connectivity index (χ2n) is 8.46. The Morgan fingerprint density at radius 2 is 1.69 bits per heavy atom. The van der Waals surface area contributed by atoms with Gasteiger partial charge in [0.05, 0.1) is 12.8 Å². The summed E-state index contributed by atoms with van der Waals surface area (Å²) < 4.78 is 11.3. The summed E-state index contributed by atoms with van der Waals surface area (Å²) >= 11 is 0. The van der Waals surface area contributed by atoms with Crippen molar-refractivity contribution >= 4 is 23.3 Å². The second-order valence-corrected chi connectivity index (χ2v) is 8.46. The third-order valence-corrected chi connectivity index (χ3v) is 6.09. The number of anilines is 2. The molecule has 2 aromatic carbocycles. The lowest BCUT2D eigenvalue weighted by Gasteiger charge is -2.23. The first-order valence-corrected chi connectivity index (χ1v) is 11.8. The minimum atomic E-state index is -0.359. The maximum atomic E-state index is 12.7. The molecule has 1 aliphatic rings. The first-order valence-electron chi connectivity index (χ1n) is 11.8. The SMILES string of the molecule is CNC(=O)c1cc(Oc2ccc(NC(=O)Nc3cc(C4CCCCC4)ccc3OC)cc2)ccn1. The molecule has 0 saturated heterocycles. The second kappa shape index (κ2) is 11.4. The summed E-state index contributed by atoms with van der Waals surface area (Å²) in [6.45, 7) is 0. The highest BCUT2D eigenvalue weighted by molar-refractivity contribution is 6.00. The lowest BCUT2D eigenvalue weighted by molar-refractivity contribution is 0.0958. The van der Waals surface area contributed by atoms with Gasteiger partial charge in [-0.25, -0.2) is 4.79 Å². The Labute approximate surface area is 205 Å². The first kappa shape index (κ1) is 24.1. The van der Waals surface area contributed by atoms with E-state index in [4.69, 9.17) is 9.47 Å². The van der Waals surface area contributed by atoms with Crippen molar-refractivity contribution in [1.82, 2.24) is 10.3 Å². The van der Waals surface area contributed by atoms with Crippen molar-refractivity contribution < 1.29 is 19.1 Å². The smallest absolute Gasteiger partial charge is 0.323 e. The van der Waals surface area contributed by atoms with E-state index in [1.54, 1.807) is 50.6 Å². The number of hydrogen-bond donors (Lipinski definition) is 3. The van der Waals surface area contributed by atoms with E-state index in [9.17, 15) is 9.59 Å². The highest BCUT2D eigenvalue weighted by Gasteiger charge is 2.18. The topological polar surface area (TPSA) is 102 Å². The van der Waals surface area contributed by atoms with Gasteiger partial charge in [0, 0.05) is 25.0 Å². The molecule has 1 fully saturated rings. The predicted molar refractivity (Wildman–Crippen MR) is 136 cm³/mol. The van der Waals surface area contributed by atoms with E-state index < -0.39 is 0 Å². The van der Waals surface area contributed by atoms with E-state index in [2.05, 4.69) is 27.0 Å². The van der Waals surface area contributed by atoms with Crippen molar-refractivity contribution in [3.8, 4) is 17.2 Å². The van der Waals surface area contributed by atoms with Gasteiger partial charge in [-0.3, -0.25) is 9.78 Å². The Kier molecular flexibility index (Phi) is 7.82. The van der Waals surface area contributed by atoms with Crippen molar-refractivity contribution in [2.24, 2.45) is 0 Å². The van der Waals surface area contributed by atoms with Crippen molar-refractivity contribution in [2.45, 2.75) is 38.0 Å². The molecule has 0 unspecified atom stereocenters. The van der Waals surface area contributed by atoms with E-state index in [1.165, 1.54) is 43.9 Å². The molecule has 3 N–H and O–H groups in total. The molecular weight excluding hydrogens is 444 g/mol. The number of aromatic nitrogens is 1. The fourth-order valence-corrected chi connectivity index (χ4v) is 4.27. The van der Waals surface area contributed by atoms with Crippen LogP contribution in [0, 0.1) is 0 Å². The van der Waals surface area contributed by atoms with Crippen molar-refractivity contribution in [3.05, 3.63) is 72.1 Å². The normalized spacial score (nSPS) is 13.5. The Morgan fingerprint density at radius 3 is 2.40 bits per heavy atom. The number of benzene rings is 2. The molecule has 1 heterocycles. The van der Waals surface area contributed by atoms with Crippen LogP contribution in [-0.4, -0.2) is 31.1 Å². The number of methoxy groups -OCH3 is 1. The van der Waals surface area contributed by atoms with Crippen LogP contribution >= 0.6 is 0 Å². The maximum absolute atomic E-state index is 12.7. The fourth-order valence-electron chi connectivity index (χ4n) is 4.27. The van der Waals surface area contributed by atoms with Gasteiger partial charge in [-0.1, -0.05) is 25.3 Å². The third-order valence-electron chi connectivity index (χ3n) is 6.09. The van der Waals surface area contributed by atoms with Gasteiger partial charge in [0.25, 0.3) is 5.91 Å². The summed E-state index contributed by atoms with van der Waals surface area (Å²) in [5, 5.41) is 8.29. The van der Waals surface area contributed by atoms with Gasteiger partial charge >= 0.3 is 6.03 Å². The molecule has 0 bridgehead atoms. The minimum Gasteiger partial charge on any atom is -0.495 e. The Hall–Kier alpha value is -4.07. The van der Waals surface area contributed by atoms with E-state index >= 15 is 0 Å². The minimum absolute atomic E-state index is 0.267. The fraction of sp³-hybridized carbons (Fsp3) is 0.296. The predicted octanol–water partition coefficient (Wildman–Crippen LogP) is 5.93. The Morgan fingerprint density at radius 1 is 0.914 bits per heavy atom. The van der Waals surface area contributed by atoms with Gasteiger partial charge < -0.3 is 25.4 Å². The first-order chi connectivity index (χ1) is 17.1. The van der Waals surface area contributed by atoms with Crippen LogP contribution in [0.4, 0.5) is 16.2 Å². The quantitative estimate of drug-likeness (QED) is 0.394. The number of carbonyl (C=O) groups is 2. The van der Waals surface area contributed by atoms with Gasteiger partial charge in [0.1, 0.15) is 22.9 Å². The van der Waals surface area contributed by atoms with Gasteiger partial charge in [-0.05, 0) is 66.8 Å². The summed E-state index contributed by atoms with van der Waals surface area (Å²) in [5.41, 5.74) is 2.76. The zero-order chi connectivity index (χ0) is 24.6. The monoisotopic (exact) mass is 474 g/mol. The van der Waals surface area contributed by atoms with E-state index in [-0.39, 0.29) is 17.6 Å². The number of nitrogens with zero attached hydrogens (tertiary/aromatic N) is 1. The highest BCUT2D eigenvalue weighted by Crippen LogP contribution is 2.36. The van der Waals surface area contributed by atoms with E-state index in [1.807, 2.05) is 12.1 Å². The number of amides is 3.